The lowest BCUT2D eigenvalue weighted by molar-refractivity contribution is 0.385. The molecule has 1 aliphatic carbocycles. The van der Waals surface area contributed by atoms with Crippen LogP contribution >= 0.6 is 0 Å². The van der Waals surface area contributed by atoms with Crippen molar-refractivity contribution in [1.82, 2.24) is 0 Å². The minimum atomic E-state index is 0.856. The molecule has 54 valence electrons. The Balaban J connectivity index is 2.32. The molecule has 0 radical (unpaired) electrons. The van der Waals surface area contributed by atoms with Crippen LogP contribution in [-0.2, 0) is 0 Å². The van der Waals surface area contributed by atoms with Crippen LogP contribution in [0.3, 0.4) is 0 Å². The zero-order chi connectivity index (χ0) is 6.69. The highest BCUT2D eigenvalue weighted by Crippen LogP contribution is 2.32. The van der Waals surface area contributed by atoms with E-state index in [-0.39, 0.29) is 0 Å². The molecule has 1 aliphatic rings. The monoisotopic (exact) mass is 127 g/mol. The van der Waals surface area contributed by atoms with Gasteiger partial charge in [0.2, 0.25) is 0 Å². The predicted molar refractivity (Wildman–Crippen MR) is 40.2 cm³/mol. The van der Waals surface area contributed by atoms with Crippen molar-refractivity contribution in [3.63, 3.8) is 0 Å². The molecule has 0 saturated heterocycles. The summed E-state index contributed by atoms with van der Waals surface area (Å²) in [6, 6.07) is 0. The van der Waals surface area contributed by atoms with Gasteiger partial charge in [0, 0.05) is 0 Å². The van der Waals surface area contributed by atoms with Gasteiger partial charge in [0.15, 0.2) is 0 Å². The van der Waals surface area contributed by atoms with E-state index in [1.165, 1.54) is 25.7 Å². The summed E-state index contributed by atoms with van der Waals surface area (Å²) in [7, 11) is 0. The number of hydrogen-bond acceptors (Lipinski definition) is 1. The van der Waals surface area contributed by atoms with E-state index in [2.05, 4.69) is 6.92 Å². The maximum Gasteiger partial charge on any atom is -0.00462 e. The highest BCUT2D eigenvalue weighted by molar-refractivity contribution is 4.76. The van der Waals surface area contributed by atoms with E-state index in [9.17, 15) is 0 Å². The van der Waals surface area contributed by atoms with E-state index in [0.717, 1.165) is 18.4 Å². The molecule has 1 rings (SSSR count). The van der Waals surface area contributed by atoms with Crippen LogP contribution in [0.15, 0.2) is 0 Å². The van der Waals surface area contributed by atoms with Crippen LogP contribution in [0, 0.1) is 11.8 Å². The van der Waals surface area contributed by atoms with Gasteiger partial charge in [0.1, 0.15) is 0 Å². The predicted octanol–water partition coefficient (Wildman–Crippen LogP) is 1.77. The summed E-state index contributed by atoms with van der Waals surface area (Å²) in [5.74, 6) is 1.81. The van der Waals surface area contributed by atoms with Crippen LogP contribution in [0.4, 0.5) is 0 Å². The molecule has 9 heavy (non-hydrogen) atoms. The first-order valence-corrected chi connectivity index (χ1v) is 4.08. The molecule has 1 nitrogen and oxygen atoms in total. The molecule has 1 fully saturated rings. The Morgan fingerprint density at radius 1 is 1.33 bits per heavy atom. The van der Waals surface area contributed by atoms with Crippen molar-refractivity contribution >= 4 is 0 Å². The van der Waals surface area contributed by atoms with Gasteiger partial charge in [-0.15, -0.1) is 0 Å². The minimum Gasteiger partial charge on any atom is -0.330 e. The summed E-state index contributed by atoms with van der Waals surface area (Å²) in [5.41, 5.74) is 5.60. The quantitative estimate of drug-likeness (QED) is 0.601. The summed E-state index contributed by atoms with van der Waals surface area (Å²) in [4.78, 5) is 0. The first-order chi connectivity index (χ1) is 4.38. The van der Waals surface area contributed by atoms with E-state index in [1.807, 2.05) is 0 Å². The second-order valence-corrected chi connectivity index (χ2v) is 3.10. The topological polar surface area (TPSA) is 26.0 Å². The maximum absolute atomic E-state index is 5.60. The lowest BCUT2D eigenvalue weighted by Gasteiger charge is -2.14. The number of rotatable bonds is 2. The van der Waals surface area contributed by atoms with E-state index >= 15 is 0 Å². The van der Waals surface area contributed by atoms with Crippen LogP contribution in [0.1, 0.15) is 32.6 Å². The molecule has 0 bridgehead atoms. The summed E-state index contributed by atoms with van der Waals surface area (Å²) in [6.07, 6.45) is 5.57. The Bertz CT molecular complexity index is 70.6. The average molecular weight is 127 g/mol. The third-order valence-corrected chi connectivity index (χ3v) is 2.64. The van der Waals surface area contributed by atoms with E-state index in [4.69, 9.17) is 5.73 Å². The molecule has 0 amide bonds. The van der Waals surface area contributed by atoms with Gasteiger partial charge in [-0.2, -0.15) is 0 Å². The molecular weight excluding hydrogens is 110 g/mol. The highest BCUT2D eigenvalue weighted by atomic mass is 14.6. The van der Waals surface area contributed by atoms with Gasteiger partial charge in [-0.25, -0.2) is 0 Å². The summed E-state index contributed by atoms with van der Waals surface area (Å²) >= 11 is 0. The van der Waals surface area contributed by atoms with E-state index in [0.29, 0.717) is 0 Å². The second kappa shape index (κ2) is 3.21. The van der Waals surface area contributed by atoms with Gasteiger partial charge >= 0.3 is 0 Å². The molecule has 0 aromatic carbocycles. The van der Waals surface area contributed by atoms with Crippen molar-refractivity contribution in [2.24, 2.45) is 17.6 Å². The van der Waals surface area contributed by atoms with Crippen molar-refractivity contribution < 1.29 is 0 Å². The fraction of sp³-hybridized carbons (Fsp3) is 1.00. The molecule has 2 unspecified atom stereocenters. The number of hydrogen-bond donors (Lipinski definition) is 1. The SMILES string of the molecule is CCC1CCCC1CN. The molecular formula is C8H17N. The highest BCUT2D eigenvalue weighted by Gasteiger charge is 2.23. The molecule has 0 aromatic heterocycles. The van der Waals surface area contributed by atoms with Gasteiger partial charge in [-0.05, 0) is 24.8 Å². The first-order valence-electron chi connectivity index (χ1n) is 4.08. The fourth-order valence-electron chi connectivity index (χ4n) is 1.96. The van der Waals surface area contributed by atoms with Crippen molar-refractivity contribution in [3.05, 3.63) is 0 Å². The molecule has 0 spiro atoms. The second-order valence-electron chi connectivity index (χ2n) is 3.10. The first kappa shape index (κ1) is 7.07. The Morgan fingerprint density at radius 2 is 2.00 bits per heavy atom. The molecule has 2 atom stereocenters. The fourth-order valence-corrected chi connectivity index (χ4v) is 1.96. The Kier molecular flexibility index (Phi) is 2.52. The Hall–Kier alpha value is -0.0400. The lowest BCUT2D eigenvalue weighted by Crippen LogP contribution is -2.17. The smallest absolute Gasteiger partial charge is 0.00462 e. The van der Waals surface area contributed by atoms with E-state index in [1.54, 1.807) is 0 Å². The van der Waals surface area contributed by atoms with Gasteiger partial charge in [-0.3, -0.25) is 0 Å². The van der Waals surface area contributed by atoms with Crippen LogP contribution in [0.2, 0.25) is 0 Å². The third kappa shape index (κ3) is 1.45. The third-order valence-electron chi connectivity index (χ3n) is 2.64. The van der Waals surface area contributed by atoms with Crippen molar-refractivity contribution in [2.75, 3.05) is 6.54 Å². The van der Waals surface area contributed by atoms with Gasteiger partial charge < -0.3 is 5.73 Å². The van der Waals surface area contributed by atoms with Gasteiger partial charge in [0.05, 0.1) is 0 Å². The normalized spacial score (nSPS) is 35.3. The molecule has 2 N–H and O–H groups in total. The zero-order valence-electron chi connectivity index (χ0n) is 6.27. The van der Waals surface area contributed by atoms with E-state index < -0.39 is 0 Å². The summed E-state index contributed by atoms with van der Waals surface area (Å²) in [6.45, 7) is 3.19. The van der Waals surface area contributed by atoms with Crippen LogP contribution < -0.4 is 5.73 Å². The maximum atomic E-state index is 5.60. The standard InChI is InChI=1S/C8H17N/c1-2-7-4-3-5-8(7)6-9/h7-8H,2-6,9H2,1H3. The largest absolute Gasteiger partial charge is 0.330 e. The molecule has 1 saturated carbocycles. The van der Waals surface area contributed by atoms with Gasteiger partial charge in [-0.1, -0.05) is 26.2 Å². The number of nitrogens with two attached hydrogens (primary N) is 1. The van der Waals surface area contributed by atoms with Crippen LogP contribution in [0.25, 0.3) is 0 Å². The molecule has 0 aromatic rings. The Morgan fingerprint density at radius 3 is 2.44 bits per heavy atom. The molecule has 0 heterocycles. The summed E-state index contributed by atoms with van der Waals surface area (Å²) < 4.78 is 0. The molecule has 0 aliphatic heterocycles. The van der Waals surface area contributed by atoms with Crippen LogP contribution in [0.5, 0.6) is 0 Å². The lowest BCUT2D eigenvalue weighted by atomic mass is 9.94. The minimum absolute atomic E-state index is 0.856. The molecule has 1 heteroatoms. The average Bonchev–Trinajstić information content (AvgIpc) is 2.33. The van der Waals surface area contributed by atoms with Crippen molar-refractivity contribution in [1.29, 1.82) is 0 Å². The van der Waals surface area contributed by atoms with Crippen molar-refractivity contribution in [2.45, 2.75) is 32.6 Å². The summed E-state index contributed by atoms with van der Waals surface area (Å²) in [5, 5.41) is 0. The van der Waals surface area contributed by atoms with Crippen LogP contribution in [-0.4, -0.2) is 6.54 Å². The zero-order valence-corrected chi connectivity index (χ0v) is 6.27. The van der Waals surface area contributed by atoms with Gasteiger partial charge in [0.25, 0.3) is 0 Å². The van der Waals surface area contributed by atoms with Crippen molar-refractivity contribution in [3.8, 4) is 0 Å². The Labute approximate surface area is 57.6 Å².